The summed E-state index contributed by atoms with van der Waals surface area (Å²) < 4.78 is 12.2. The molecule has 0 saturated carbocycles. The summed E-state index contributed by atoms with van der Waals surface area (Å²) in [5.41, 5.74) is 0.989. The van der Waals surface area contributed by atoms with Crippen LogP contribution in [0, 0.1) is 0 Å². The first-order valence-electron chi connectivity index (χ1n) is 7.90. The topological polar surface area (TPSA) is 55.0 Å². The Bertz CT molecular complexity index is 851. The molecule has 1 aromatic heterocycles. The molecule has 2 aliphatic heterocycles. The zero-order chi connectivity index (χ0) is 17.2. The average molecular weight is 419 g/mol. The van der Waals surface area contributed by atoms with E-state index < -0.39 is 0 Å². The van der Waals surface area contributed by atoms with Crippen molar-refractivity contribution in [3.05, 3.63) is 51.5 Å². The van der Waals surface area contributed by atoms with Crippen LogP contribution in [0.2, 0.25) is 0 Å². The summed E-state index contributed by atoms with van der Waals surface area (Å²) in [5.74, 6) is 1.20. The third kappa shape index (κ3) is 3.73. The number of aliphatic imine (C=N–C) groups is 1. The second-order valence-electron chi connectivity index (χ2n) is 5.62. The van der Waals surface area contributed by atoms with Crippen LogP contribution in [-0.2, 0) is 9.53 Å². The van der Waals surface area contributed by atoms with Crippen LogP contribution >= 0.6 is 27.7 Å². The van der Waals surface area contributed by atoms with E-state index in [1.807, 2.05) is 36.4 Å². The molecule has 1 saturated heterocycles. The number of hydrogen-bond acceptors (Lipinski definition) is 5. The number of amidine groups is 1. The summed E-state index contributed by atoms with van der Waals surface area (Å²) in [6, 6.07) is 11.7. The molecule has 7 heteroatoms. The molecule has 25 heavy (non-hydrogen) atoms. The van der Waals surface area contributed by atoms with Crippen LogP contribution in [0.25, 0.3) is 17.4 Å². The standard InChI is InChI=1S/C18H15BrN2O3S/c19-13-3-1-12(2-4-13)15-6-5-14(24-15)11-16-17(22)20-18(25-16)21-7-9-23-10-8-21/h1-6,11H,7-10H2/b16-11+. The fourth-order valence-corrected chi connectivity index (χ4v) is 3.83. The summed E-state index contributed by atoms with van der Waals surface area (Å²) in [6.07, 6.45) is 1.76. The van der Waals surface area contributed by atoms with Crippen LogP contribution in [0.15, 0.2) is 55.2 Å². The number of thioether (sulfide) groups is 1. The Kier molecular flexibility index (Phi) is 4.78. The number of carbonyl (C=O) groups is 1. The van der Waals surface area contributed by atoms with Crippen LogP contribution < -0.4 is 0 Å². The van der Waals surface area contributed by atoms with E-state index in [-0.39, 0.29) is 5.91 Å². The van der Waals surface area contributed by atoms with E-state index in [0.29, 0.717) is 23.9 Å². The van der Waals surface area contributed by atoms with Crippen LogP contribution in [0.1, 0.15) is 5.76 Å². The number of rotatable bonds is 2. The summed E-state index contributed by atoms with van der Waals surface area (Å²) in [6.45, 7) is 2.87. The summed E-state index contributed by atoms with van der Waals surface area (Å²) in [7, 11) is 0. The predicted molar refractivity (Wildman–Crippen MR) is 102 cm³/mol. The third-order valence-electron chi connectivity index (χ3n) is 3.92. The molecule has 0 atom stereocenters. The minimum Gasteiger partial charge on any atom is -0.457 e. The fourth-order valence-electron chi connectivity index (χ4n) is 2.62. The van der Waals surface area contributed by atoms with Gasteiger partial charge in [0, 0.05) is 29.2 Å². The number of furan rings is 1. The van der Waals surface area contributed by atoms with Crippen molar-refractivity contribution in [2.45, 2.75) is 0 Å². The van der Waals surface area contributed by atoms with E-state index in [4.69, 9.17) is 9.15 Å². The van der Waals surface area contributed by atoms with Crippen LogP contribution in [-0.4, -0.2) is 42.3 Å². The zero-order valence-electron chi connectivity index (χ0n) is 13.3. The van der Waals surface area contributed by atoms with Gasteiger partial charge < -0.3 is 14.1 Å². The second kappa shape index (κ2) is 7.19. The number of morpholine rings is 1. The van der Waals surface area contributed by atoms with Gasteiger partial charge in [-0.3, -0.25) is 4.79 Å². The van der Waals surface area contributed by atoms with Crippen molar-refractivity contribution in [3.63, 3.8) is 0 Å². The molecule has 0 unspecified atom stereocenters. The first-order valence-corrected chi connectivity index (χ1v) is 9.51. The molecule has 4 rings (SSSR count). The van der Waals surface area contributed by atoms with E-state index in [0.717, 1.165) is 34.1 Å². The largest absolute Gasteiger partial charge is 0.457 e. The highest BCUT2D eigenvalue weighted by Crippen LogP contribution is 2.32. The first kappa shape index (κ1) is 16.6. The molecule has 3 heterocycles. The molecule has 128 valence electrons. The predicted octanol–water partition coefficient (Wildman–Crippen LogP) is 4.01. The Labute approximate surface area is 157 Å². The van der Waals surface area contributed by atoms with Crippen molar-refractivity contribution < 1.29 is 13.9 Å². The van der Waals surface area contributed by atoms with Gasteiger partial charge in [0.1, 0.15) is 11.5 Å². The molecule has 5 nitrogen and oxygen atoms in total. The zero-order valence-corrected chi connectivity index (χ0v) is 15.7. The lowest BCUT2D eigenvalue weighted by atomic mass is 10.2. The number of halogens is 1. The highest BCUT2D eigenvalue weighted by molar-refractivity contribution is 9.10. The van der Waals surface area contributed by atoms with Crippen molar-refractivity contribution in [3.8, 4) is 11.3 Å². The van der Waals surface area contributed by atoms with Gasteiger partial charge in [-0.2, -0.15) is 4.99 Å². The molecule has 0 radical (unpaired) electrons. The number of carbonyl (C=O) groups excluding carboxylic acids is 1. The van der Waals surface area contributed by atoms with E-state index >= 15 is 0 Å². The molecule has 2 aliphatic rings. The highest BCUT2D eigenvalue weighted by atomic mass is 79.9. The van der Waals surface area contributed by atoms with Crippen LogP contribution in [0.5, 0.6) is 0 Å². The van der Waals surface area contributed by atoms with Gasteiger partial charge in [-0.05, 0) is 36.0 Å². The molecule has 0 N–H and O–H groups in total. The molecule has 1 aromatic carbocycles. The maximum Gasteiger partial charge on any atom is 0.286 e. The van der Waals surface area contributed by atoms with Crippen molar-refractivity contribution >= 4 is 44.8 Å². The Balaban J connectivity index is 1.50. The van der Waals surface area contributed by atoms with Gasteiger partial charge >= 0.3 is 0 Å². The van der Waals surface area contributed by atoms with E-state index in [9.17, 15) is 4.79 Å². The molecule has 2 aromatic rings. The van der Waals surface area contributed by atoms with E-state index in [1.165, 1.54) is 11.8 Å². The number of amides is 1. The molecule has 0 bridgehead atoms. The number of hydrogen-bond donors (Lipinski definition) is 0. The summed E-state index contributed by atoms with van der Waals surface area (Å²) in [4.78, 5) is 19.0. The van der Waals surface area contributed by atoms with Crippen LogP contribution in [0.4, 0.5) is 0 Å². The van der Waals surface area contributed by atoms with Gasteiger partial charge in [-0.25, -0.2) is 0 Å². The van der Waals surface area contributed by atoms with Gasteiger partial charge in [-0.15, -0.1) is 0 Å². The lowest BCUT2D eigenvalue weighted by molar-refractivity contribution is -0.113. The second-order valence-corrected chi connectivity index (χ2v) is 7.54. The van der Waals surface area contributed by atoms with E-state index in [1.54, 1.807) is 6.08 Å². The summed E-state index contributed by atoms with van der Waals surface area (Å²) >= 11 is 4.81. The highest BCUT2D eigenvalue weighted by Gasteiger charge is 2.27. The molecule has 1 fully saturated rings. The van der Waals surface area contributed by atoms with Gasteiger partial charge in [0.2, 0.25) is 0 Å². The van der Waals surface area contributed by atoms with Gasteiger partial charge in [-0.1, -0.05) is 28.1 Å². The van der Waals surface area contributed by atoms with E-state index in [2.05, 4.69) is 25.8 Å². The minimum atomic E-state index is -0.215. The van der Waals surface area contributed by atoms with Gasteiger partial charge in [0.05, 0.1) is 18.1 Å². The normalized spacial score (nSPS) is 19.6. The molecule has 0 spiro atoms. The minimum absolute atomic E-state index is 0.215. The number of benzene rings is 1. The maximum atomic E-state index is 12.2. The SMILES string of the molecule is O=C1N=C(N2CCOCC2)S/C1=C/c1ccc(-c2ccc(Br)cc2)o1. The Hall–Kier alpha value is -1.83. The van der Waals surface area contributed by atoms with Crippen molar-refractivity contribution in [2.24, 2.45) is 4.99 Å². The lowest BCUT2D eigenvalue weighted by Gasteiger charge is -2.27. The van der Waals surface area contributed by atoms with Gasteiger partial charge in [0.15, 0.2) is 5.17 Å². The molecule has 1 amide bonds. The summed E-state index contributed by atoms with van der Waals surface area (Å²) in [5, 5.41) is 0.749. The maximum absolute atomic E-state index is 12.2. The van der Waals surface area contributed by atoms with Crippen molar-refractivity contribution in [1.29, 1.82) is 0 Å². The van der Waals surface area contributed by atoms with Crippen molar-refractivity contribution in [1.82, 2.24) is 4.90 Å². The average Bonchev–Trinajstić information content (AvgIpc) is 3.24. The molecule has 0 aliphatic carbocycles. The third-order valence-corrected chi connectivity index (χ3v) is 5.49. The quantitative estimate of drug-likeness (QED) is 0.689. The fraction of sp³-hybridized carbons (Fsp3) is 0.222. The molecular weight excluding hydrogens is 404 g/mol. The van der Waals surface area contributed by atoms with Crippen molar-refractivity contribution in [2.75, 3.05) is 26.3 Å². The van der Waals surface area contributed by atoms with Gasteiger partial charge in [0.25, 0.3) is 5.91 Å². The Morgan fingerprint density at radius 1 is 1.12 bits per heavy atom. The number of ether oxygens (including phenoxy) is 1. The monoisotopic (exact) mass is 418 g/mol. The van der Waals surface area contributed by atoms with Crippen LogP contribution in [0.3, 0.4) is 0 Å². The molecular formula is C18H15BrN2O3S. The number of nitrogens with zero attached hydrogens (tertiary/aromatic N) is 2. The first-order chi connectivity index (χ1) is 12.2. The smallest absolute Gasteiger partial charge is 0.286 e. The Morgan fingerprint density at radius 3 is 2.64 bits per heavy atom. The lowest BCUT2D eigenvalue weighted by Crippen LogP contribution is -2.38. The Morgan fingerprint density at radius 2 is 1.88 bits per heavy atom.